The van der Waals surface area contributed by atoms with E-state index in [-0.39, 0.29) is 17.9 Å². The summed E-state index contributed by atoms with van der Waals surface area (Å²) in [6, 6.07) is 0.169. The van der Waals surface area contributed by atoms with Crippen LogP contribution in [-0.2, 0) is 9.53 Å². The molecule has 0 aromatic heterocycles. The zero-order chi connectivity index (χ0) is 9.14. The second kappa shape index (κ2) is 3.90. The number of rotatable bonds is 1. The van der Waals surface area contributed by atoms with Crippen LogP contribution in [0.2, 0.25) is 0 Å². The standard InChI is InChI=1S/C9H17NO2/c1-6-3-4-7(5-8(6)10)9(11)12-2/h6-8H,3-5,10H2,1-2H3. The van der Waals surface area contributed by atoms with Crippen LogP contribution < -0.4 is 5.73 Å². The van der Waals surface area contributed by atoms with Crippen LogP contribution in [0.15, 0.2) is 0 Å². The molecule has 1 saturated carbocycles. The van der Waals surface area contributed by atoms with E-state index in [1.54, 1.807) is 0 Å². The summed E-state index contributed by atoms with van der Waals surface area (Å²) in [7, 11) is 1.44. The molecule has 1 fully saturated rings. The molecule has 1 aliphatic carbocycles. The van der Waals surface area contributed by atoms with Crippen molar-refractivity contribution in [2.45, 2.75) is 32.2 Å². The molecule has 3 atom stereocenters. The normalized spacial score (nSPS) is 36.1. The average molecular weight is 171 g/mol. The van der Waals surface area contributed by atoms with Gasteiger partial charge < -0.3 is 10.5 Å². The summed E-state index contributed by atoms with van der Waals surface area (Å²) in [6.45, 7) is 2.14. The van der Waals surface area contributed by atoms with Crippen molar-refractivity contribution in [1.82, 2.24) is 0 Å². The van der Waals surface area contributed by atoms with Gasteiger partial charge in [0.1, 0.15) is 0 Å². The van der Waals surface area contributed by atoms with Crippen LogP contribution in [0, 0.1) is 11.8 Å². The first-order valence-electron chi connectivity index (χ1n) is 4.48. The predicted octanol–water partition coefficient (Wildman–Crippen LogP) is 0.923. The fourth-order valence-corrected chi connectivity index (χ4v) is 1.74. The minimum atomic E-state index is -0.0997. The van der Waals surface area contributed by atoms with Crippen molar-refractivity contribution in [3.63, 3.8) is 0 Å². The Morgan fingerprint density at radius 2 is 2.17 bits per heavy atom. The molecule has 0 heterocycles. The molecular weight excluding hydrogens is 154 g/mol. The summed E-state index contributed by atoms with van der Waals surface area (Å²) < 4.78 is 4.68. The number of esters is 1. The molecule has 0 amide bonds. The van der Waals surface area contributed by atoms with E-state index in [1.807, 2.05) is 0 Å². The number of hydrogen-bond donors (Lipinski definition) is 1. The van der Waals surface area contributed by atoms with Gasteiger partial charge in [0.2, 0.25) is 0 Å². The quantitative estimate of drug-likeness (QED) is 0.597. The Bertz CT molecular complexity index is 170. The van der Waals surface area contributed by atoms with E-state index < -0.39 is 0 Å². The van der Waals surface area contributed by atoms with Gasteiger partial charge in [0.05, 0.1) is 13.0 Å². The van der Waals surface area contributed by atoms with Crippen LogP contribution in [0.5, 0.6) is 0 Å². The van der Waals surface area contributed by atoms with Crippen LogP contribution >= 0.6 is 0 Å². The third kappa shape index (κ3) is 1.97. The van der Waals surface area contributed by atoms with E-state index in [0.29, 0.717) is 5.92 Å². The van der Waals surface area contributed by atoms with Gasteiger partial charge in [0.25, 0.3) is 0 Å². The minimum Gasteiger partial charge on any atom is -0.469 e. The van der Waals surface area contributed by atoms with Gasteiger partial charge in [-0.3, -0.25) is 4.79 Å². The topological polar surface area (TPSA) is 52.3 Å². The van der Waals surface area contributed by atoms with Gasteiger partial charge in [-0.25, -0.2) is 0 Å². The molecule has 3 unspecified atom stereocenters. The number of carbonyl (C=O) groups excluding carboxylic acids is 1. The molecule has 1 rings (SSSR count). The molecule has 0 aliphatic heterocycles. The molecule has 0 radical (unpaired) electrons. The van der Waals surface area contributed by atoms with E-state index in [1.165, 1.54) is 7.11 Å². The molecule has 0 aromatic carbocycles. The molecular formula is C9H17NO2. The lowest BCUT2D eigenvalue weighted by Gasteiger charge is -2.30. The first-order valence-corrected chi connectivity index (χ1v) is 4.48. The van der Waals surface area contributed by atoms with Crippen molar-refractivity contribution in [2.75, 3.05) is 7.11 Å². The number of hydrogen-bond acceptors (Lipinski definition) is 3. The zero-order valence-corrected chi connectivity index (χ0v) is 7.75. The molecule has 0 saturated heterocycles. The number of carbonyl (C=O) groups is 1. The zero-order valence-electron chi connectivity index (χ0n) is 7.75. The Morgan fingerprint density at radius 3 is 2.67 bits per heavy atom. The lowest BCUT2D eigenvalue weighted by molar-refractivity contribution is -0.147. The van der Waals surface area contributed by atoms with Gasteiger partial charge in [-0.05, 0) is 25.2 Å². The maximum atomic E-state index is 11.1. The van der Waals surface area contributed by atoms with Crippen molar-refractivity contribution < 1.29 is 9.53 Å². The molecule has 0 spiro atoms. The smallest absolute Gasteiger partial charge is 0.308 e. The van der Waals surface area contributed by atoms with Gasteiger partial charge in [0, 0.05) is 6.04 Å². The lowest BCUT2D eigenvalue weighted by Crippen LogP contribution is -2.37. The number of nitrogens with two attached hydrogens (primary N) is 1. The highest BCUT2D eigenvalue weighted by Gasteiger charge is 2.29. The van der Waals surface area contributed by atoms with Crippen molar-refractivity contribution in [1.29, 1.82) is 0 Å². The fraction of sp³-hybridized carbons (Fsp3) is 0.889. The largest absolute Gasteiger partial charge is 0.469 e. The van der Waals surface area contributed by atoms with Gasteiger partial charge in [-0.15, -0.1) is 0 Å². The summed E-state index contributed by atoms with van der Waals surface area (Å²) in [5, 5.41) is 0. The van der Waals surface area contributed by atoms with Crippen molar-refractivity contribution in [3.8, 4) is 0 Å². The number of methoxy groups -OCH3 is 1. The summed E-state index contributed by atoms with van der Waals surface area (Å²) >= 11 is 0. The first kappa shape index (κ1) is 9.52. The summed E-state index contributed by atoms with van der Waals surface area (Å²) in [6.07, 6.45) is 2.76. The van der Waals surface area contributed by atoms with E-state index >= 15 is 0 Å². The highest BCUT2D eigenvalue weighted by atomic mass is 16.5. The SMILES string of the molecule is COC(=O)C1CCC(C)C(N)C1. The molecule has 1 aliphatic rings. The molecule has 3 heteroatoms. The summed E-state index contributed by atoms with van der Waals surface area (Å²) in [4.78, 5) is 11.1. The van der Waals surface area contributed by atoms with Crippen molar-refractivity contribution >= 4 is 5.97 Å². The minimum absolute atomic E-state index is 0.0428. The van der Waals surface area contributed by atoms with Gasteiger partial charge >= 0.3 is 5.97 Å². The molecule has 2 N–H and O–H groups in total. The van der Waals surface area contributed by atoms with Crippen molar-refractivity contribution in [3.05, 3.63) is 0 Å². The third-order valence-electron chi connectivity index (χ3n) is 2.79. The van der Waals surface area contributed by atoms with E-state index in [9.17, 15) is 4.79 Å². The number of ether oxygens (including phenoxy) is 1. The Kier molecular flexibility index (Phi) is 3.09. The molecule has 70 valence electrons. The highest BCUT2D eigenvalue weighted by Crippen LogP contribution is 2.28. The maximum absolute atomic E-state index is 11.1. The molecule has 3 nitrogen and oxygen atoms in total. The second-order valence-corrected chi connectivity index (χ2v) is 3.67. The molecule has 0 aromatic rings. The fourth-order valence-electron chi connectivity index (χ4n) is 1.74. The van der Waals surface area contributed by atoms with Gasteiger partial charge in [0.15, 0.2) is 0 Å². The lowest BCUT2D eigenvalue weighted by atomic mass is 9.80. The highest BCUT2D eigenvalue weighted by molar-refractivity contribution is 5.72. The maximum Gasteiger partial charge on any atom is 0.308 e. The second-order valence-electron chi connectivity index (χ2n) is 3.67. The summed E-state index contributed by atoms with van der Waals surface area (Å²) in [5.41, 5.74) is 5.85. The Balaban J connectivity index is 2.45. The van der Waals surface area contributed by atoms with E-state index in [0.717, 1.165) is 19.3 Å². The van der Waals surface area contributed by atoms with E-state index in [2.05, 4.69) is 11.7 Å². The average Bonchev–Trinajstić information content (AvgIpc) is 2.08. The Morgan fingerprint density at radius 1 is 1.50 bits per heavy atom. The van der Waals surface area contributed by atoms with Gasteiger partial charge in [-0.2, -0.15) is 0 Å². The van der Waals surface area contributed by atoms with Crippen LogP contribution in [-0.4, -0.2) is 19.1 Å². The van der Waals surface area contributed by atoms with Crippen LogP contribution in [0.3, 0.4) is 0 Å². The predicted molar refractivity (Wildman–Crippen MR) is 46.5 cm³/mol. The monoisotopic (exact) mass is 171 g/mol. The Hall–Kier alpha value is -0.570. The van der Waals surface area contributed by atoms with Crippen LogP contribution in [0.25, 0.3) is 0 Å². The van der Waals surface area contributed by atoms with Gasteiger partial charge in [-0.1, -0.05) is 6.92 Å². The molecule has 12 heavy (non-hydrogen) atoms. The van der Waals surface area contributed by atoms with Crippen LogP contribution in [0.4, 0.5) is 0 Å². The van der Waals surface area contributed by atoms with Crippen molar-refractivity contribution in [2.24, 2.45) is 17.6 Å². The summed E-state index contributed by atoms with van der Waals surface area (Å²) in [5.74, 6) is 0.490. The van der Waals surface area contributed by atoms with Crippen LogP contribution in [0.1, 0.15) is 26.2 Å². The van der Waals surface area contributed by atoms with E-state index in [4.69, 9.17) is 5.73 Å². The Labute approximate surface area is 73.3 Å². The third-order valence-corrected chi connectivity index (χ3v) is 2.79. The molecule has 0 bridgehead atoms. The first-order chi connectivity index (χ1) is 5.65.